The van der Waals surface area contributed by atoms with Crippen molar-refractivity contribution in [1.29, 1.82) is 0 Å². The molecule has 124 valence electrons. The van der Waals surface area contributed by atoms with Gasteiger partial charge < -0.3 is 0 Å². The Hall–Kier alpha value is -0.610. The lowest BCUT2D eigenvalue weighted by Gasteiger charge is -2.25. The Labute approximate surface area is 139 Å². The minimum Gasteiger partial charge on any atom is -0.0985 e. The van der Waals surface area contributed by atoms with E-state index in [4.69, 9.17) is 0 Å². The number of rotatable bonds is 12. The summed E-state index contributed by atoms with van der Waals surface area (Å²) in [6.45, 7) is 11.0. The van der Waals surface area contributed by atoms with Gasteiger partial charge in [-0.2, -0.15) is 0 Å². The van der Waals surface area contributed by atoms with Crippen molar-refractivity contribution in [2.24, 2.45) is 0 Å². The number of unbranched alkanes of at least 4 members (excludes halogenated alkanes) is 5. The summed E-state index contributed by atoms with van der Waals surface area (Å²) in [4.78, 5) is 0. The molecule has 0 N–H and O–H groups in total. The molecule has 0 unspecified atom stereocenters. The van der Waals surface area contributed by atoms with Gasteiger partial charge >= 0.3 is 0 Å². The Balaban J connectivity index is 2.52. The molecule has 22 heavy (non-hydrogen) atoms. The largest absolute Gasteiger partial charge is 0.0985 e. The molecule has 1 aromatic rings. The summed E-state index contributed by atoms with van der Waals surface area (Å²) in [5.41, 5.74) is 2.77. The molecule has 0 radical (unpaired) electrons. The molecule has 1 heteroatoms. The zero-order chi connectivity index (χ0) is 16.3. The first-order valence-electron chi connectivity index (χ1n) is 9.26. The molecule has 0 nitrogen and oxygen atoms in total. The van der Waals surface area contributed by atoms with E-state index in [2.05, 4.69) is 51.6 Å². The maximum absolute atomic E-state index is 3.85. The van der Waals surface area contributed by atoms with E-state index in [1.165, 1.54) is 74.3 Å². The van der Waals surface area contributed by atoms with Gasteiger partial charge in [-0.25, -0.2) is 0 Å². The molecule has 0 aliphatic rings. The first-order chi connectivity index (χ1) is 10.7. The second kappa shape index (κ2) is 11.0. The highest BCUT2D eigenvalue weighted by molar-refractivity contribution is 7.75. The molecule has 0 bridgehead atoms. The van der Waals surface area contributed by atoms with Crippen molar-refractivity contribution in [2.75, 3.05) is 18.5 Å². The monoisotopic (exact) mass is 319 g/mol. The Morgan fingerprint density at radius 3 is 2.00 bits per heavy atom. The second-order valence-electron chi connectivity index (χ2n) is 6.57. The summed E-state index contributed by atoms with van der Waals surface area (Å²) >= 11 is 0. The van der Waals surface area contributed by atoms with Crippen LogP contribution in [-0.2, 0) is 6.16 Å². The Morgan fingerprint density at radius 1 is 0.864 bits per heavy atom. The van der Waals surface area contributed by atoms with Gasteiger partial charge in [0, 0.05) is 7.26 Å². The molecule has 1 aromatic carbocycles. The molecule has 0 saturated carbocycles. The number of hydrogen-bond donors (Lipinski definition) is 0. The molecule has 0 atom stereocenters. The highest BCUT2D eigenvalue weighted by Crippen LogP contribution is 2.61. The third-order valence-electron chi connectivity index (χ3n) is 5.06. The first-order valence-corrected chi connectivity index (χ1v) is 11.8. The minimum atomic E-state index is -0.785. The predicted molar refractivity (Wildman–Crippen MR) is 106 cm³/mol. The van der Waals surface area contributed by atoms with Crippen LogP contribution in [0.2, 0.25) is 0 Å². The molecule has 0 aliphatic carbocycles. The van der Waals surface area contributed by atoms with Crippen LogP contribution >= 0.6 is 7.26 Å². The lowest BCUT2D eigenvalue weighted by molar-refractivity contribution is 0.625. The van der Waals surface area contributed by atoms with Gasteiger partial charge in [0.05, 0.1) is 24.6 Å². The van der Waals surface area contributed by atoms with Gasteiger partial charge in [0.1, 0.15) is 0 Å². The average Bonchev–Trinajstić information content (AvgIpc) is 2.57. The highest BCUT2D eigenvalue weighted by atomic mass is 31.2. The van der Waals surface area contributed by atoms with Crippen LogP contribution in [-0.4, -0.2) is 18.5 Å². The first kappa shape index (κ1) is 19.4. The van der Waals surface area contributed by atoms with Crippen LogP contribution in [0, 0.1) is 0 Å². The van der Waals surface area contributed by atoms with Crippen molar-refractivity contribution in [2.45, 2.75) is 65.5 Å². The van der Waals surface area contributed by atoms with E-state index in [1.54, 1.807) is 0 Å². The maximum Gasteiger partial charge on any atom is 0.0842 e. The van der Waals surface area contributed by atoms with Crippen LogP contribution in [0.15, 0.2) is 30.8 Å². The molecule has 0 amide bonds. The Kier molecular flexibility index (Phi) is 9.73. The maximum atomic E-state index is 3.85. The fourth-order valence-corrected chi connectivity index (χ4v) is 6.78. The summed E-state index contributed by atoms with van der Waals surface area (Å²) in [6, 6.07) is 9.07. The molecule has 0 aliphatic heterocycles. The number of hydrogen-bond acceptors (Lipinski definition) is 0. The molecule has 0 saturated heterocycles. The summed E-state index contributed by atoms with van der Waals surface area (Å²) in [5, 5.41) is 0. The van der Waals surface area contributed by atoms with E-state index in [0.717, 1.165) is 0 Å². The van der Waals surface area contributed by atoms with Crippen molar-refractivity contribution < 1.29 is 0 Å². The van der Waals surface area contributed by atoms with E-state index in [1.807, 2.05) is 6.08 Å². The molecule has 1 rings (SSSR count). The van der Waals surface area contributed by atoms with E-state index >= 15 is 0 Å². The van der Waals surface area contributed by atoms with Gasteiger partial charge in [0.2, 0.25) is 0 Å². The molecule has 0 aromatic heterocycles. The molecule has 0 heterocycles. The summed E-state index contributed by atoms with van der Waals surface area (Å²) in [7, 11) is -0.785. The van der Waals surface area contributed by atoms with Gasteiger partial charge in [-0.05, 0) is 37.8 Å². The Morgan fingerprint density at radius 2 is 1.45 bits per heavy atom. The van der Waals surface area contributed by atoms with Gasteiger partial charge in [0.15, 0.2) is 0 Å². The smallest absolute Gasteiger partial charge is 0.0842 e. The number of benzene rings is 1. The van der Waals surface area contributed by atoms with Crippen LogP contribution in [0.25, 0.3) is 6.08 Å². The molecular formula is C21H36P+. The lowest BCUT2D eigenvalue weighted by Crippen LogP contribution is -2.08. The van der Waals surface area contributed by atoms with Gasteiger partial charge in [-0.15, -0.1) is 0 Å². The average molecular weight is 319 g/mol. The third kappa shape index (κ3) is 6.66. The van der Waals surface area contributed by atoms with Crippen molar-refractivity contribution in [3.8, 4) is 0 Å². The van der Waals surface area contributed by atoms with Crippen LogP contribution in [0.4, 0.5) is 0 Å². The summed E-state index contributed by atoms with van der Waals surface area (Å²) in [6.07, 6.45) is 16.1. The standard InChI is InChI=1S/C21H36P/c1-5-9-10-11-12-13-18-22(7-3,8-4)19-21-16-14-20(6-2)15-17-21/h6,14-17H,2,5,7-13,18-19H2,1,3-4H3/q+1. The van der Waals surface area contributed by atoms with Crippen molar-refractivity contribution in [1.82, 2.24) is 0 Å². The zero-order valence-corrected chi connectivity index (χ0v) is 16.0. The topological polar surface area (TPSA) is 0 Å². The second-order valence-corrected chi connectivity index (χ2v) is 11.3. The minimum absolute atomic E-state index is 0.785. The van der Waals surface area contributed by atoms with E-state index in [0.29, 0.717) is 0 Å². The summed E-state index contributed by atoms with van der Waals surface area (Å²) < 4.78 is 0. The highest BCUT2D eigenvalue weighted by Gasteiger charge is 2.32. The fourth-order valence-electron chi connectivity index (χ4n) is 3.22. The van der Waals surface area contributed by atoms with Gasteiger partial charge in [0.25, 0.3) is 0 Å². The quantitative estimate of drug-likeness (QED) is 0.281. The van der Waals surface area contributed by atoms with Gasteiger partial charge in [-0.1, -0.05) is 69.5 Å². The van der Waals surface area contributed by atoms with E-state index in [9.17, 15) is 0 Å². The third-order valence-corrected chi connectivity index (χ3v) is 10.0. The van der Waals surface area contributed by atoms with E-state index < -0.39 is 7.26 Å². The van der Waals surface area contributed by atoms with E-state index in [-0.39, 0.29) is 0 Å². The van der Waals surface area contributed by atoms with Crippen molar-refractivity contribution >= 4 is 13.3 Å². The van der Waals surface area contributed by atoms with Crippen molar-refractivity contribution in [3.63, 3.8) is 0 Å². The Bertz CT molecular complexity index is 400. The molecule has 0 spiro atoms. The molecule has 0 fully saturated rings. The normalized spacial score (nSPS) is 11.6. The van der Waals surface area contributed by atoms with Crippen LogP contribution in [0.1, 0.15) is 70.4 Å². The SMILES string of the molecule is C=Cc1ccc(C[P+](CC)(CC)CCCCCCCC)cc1. The van der Waals surface area contributed by atoms with Crippen LogP contribution in [0.3, 0.4) is 0 Å². The van der Waals surface area contributed by atoms with Crippen LogP contribution in [0.5, 0.6) is 0 Å². The zero-order valence-electron chi connectivity index (χ0n) is 15.1. The van der Waals surface area contributed by atoms with Gasteiger partial charge in [-0.3, -0.25) is 0 Å². The predicted octanol–water partition coefficient (Wildman–Crippen LogP) is 7.25. The van der Waals surface area contributed by atoms with Crippen molar-refractivity contribution in [3.05, 3.63) is 42.0 Å². The molecular weight excluding hydrogens is 283 g/mol. The lowest BCUT2D eigenvalue weighted by atomic mass is 10.1. The fraction of sp³-hybridized carbons (Fsp3) is 0.619. The summed E-state index contributed by atoms with van der Waals surface area (Å²) in [5.74, 6) is 0. The van der Waals surface area contributed by atoms with Crippen LogP contribution < -0.4 is 0 Å².